The van der Waals surface area contributed by atoms with E-state index in [0.717, 1.165) is 5.39 Å². The van der Waals surface area contributed by atoms with Crippen LogP contribution in [0.1, 0.15) is 20.8 Å². The van der Waals surface area contributed by atoms with Crippen molar-refractivity contribution in [3.63, 3.8) is 0 Å². The number of rotatable bonds is 5. The lowest BCUT2D eigenvalue weighted by molar-refractivity contribution is 0.0532. The fourth-order valence-corrected chi connectivity index (χ4v) is 5.01. The van der Waals surface area contributed by atoms with E-state index >= 15 is 0 Å². The van der Waals surface area contributed by atoms with Crippen LogP contribution >= 0.6 is 0 Å². The molecule has 9 heteroatoms. The van der Waals surface area contributed by atoms with Gasteiger partial charge >= 0.3 is 0 Å². The fraction of sp³-hybridized carbons (Fsp3) is 0.160. The molecule has 1 unspecified atom stereocenters. The topological polar surface area (TPSA) is 104 Å². The lowest BCUT2D eigenvalue weighted by atomic mass is 10.1. The number of hydrogen-bond donors (Lipinski definition) is 2. The fourth-order valence-electron chi connectivity index (χ4n) is 4.00. The Kier molecular flexibility index (Phi) is 6.20. The Morgan fingerprint density at radius 2 is 1.59 bits per heavy atom. The molecule has 2 aromatic carbocycles. The summed E-state index contributed by atoms with van der Waals surface area (Å²) in [7, 11) is 0. The molecule has 0 spiro atoms. The molecule has 2 aromatic heterocycles. The van der Waals surface area contributed by atoms with Crippen molar-refractivity contribution >= 4 is 39.8 Å². The summed E-state index contributed by atoms with van der Waals surface area (Å²) in [6.45, 7) is 1.93. The zero-order chi connectivity index (χ0) is 23.5. The number of anilines is 1. The molecule has 0 bridgehead atoms. The van der Waals surface area contributed by atoms with Gasteiger partial charge in [-0.2, -0.15) is 0 Å². The zero-order valence-corrected chi connectivity index (χ0v) is 19.1. The zero-order valence-electron chi connectivity index (χ0n) is 18.3. The number of carbonyl (C=O) groups excluding carboxylic acids is 2. The van der Waals surface area contributed by atoms with Gasteiger partial charge in [0.1, 0.15) is 22.6 Å². The number of benzene rings is 2. The van der Waals surface area contributed by atoms with Crippen molar-refractivity contribution in [2.24, 2.45) is 0 Å². The molecule has 4 aromatic rings. The maximum Gasteiger partial charge on any atom is 0.270 e. The van der Waals surface area contributed by atoms with Crippen molar-refractivity contribution in [3.05, 3.63) is 90.4 Å². The van der Waals surface area contributed by atoms with Crippen molar-refractivity contribution in [2.75, 3.05) is 30.9 Å². The molecular weight excluding hydrogens is 450 g/mol. The molecule has 0 radical (unpaired) electrons. The van der Waals surface area contributed by atoms with Crippen molar-refractivity contribution in [1.82, 2.24) is 19.8 Å². The van der Waals surface area contributed by atoms with Gasteiger partial charge in [-0.3, -0.25) is 14.6 Å². The van der Waals surface area contributed by atoms with Crippen LogP contribution in [-0.4, -0.2) is 62.3 Å². The molecule has 1 aliphatic heterocycles. The lowest BCUT2D eigenvalue weighted by Gasteiger charge is -2.34. The number of aromatic nitrogens is 2. The van der Waals surface area contributed by atoms with E-state index in [4.69, 9.17) is 0 Å². The summed E-state index contributed by atoms with van der Waals surface area (Å²) in [5.41, 5.74) is 2.44. The Balaban J connectivity index is 1.20. The number of pyridine rings is 1. The maximum atomic E-state index is 12.9. The summed E-state index contributed by atoms with van der Waals surface area (Å²) in [6, 6.07) is 19.8. The van der Waals surface area contributed by atoms with Crippen LogP contribution in [0.3, 0.4) is 0 Å². The molecule has 34 heavy (non-hydrogen) atoms. The highest BCUT2D eigenvalue weighted by atomic mass is 32.2. The minimum Gasteiger partial charge on any atom is -0.588 e. The average molecular weight is 474 g/mol. The monoisotopic (exact) mass is 473 g/mol. The second kappa shape index (κ2) is 9.58. The molecule has 1 atom stereocenters. The number of fused-ring (bicyclic) bond motifs is 1. The summed E-state index contributed by atoms with van der Waals surface area (Å²) in [4.78, 5) is 36.8. The molecule has 3 heterocycles. The standard InChI is InChI=1S/C25H23N5O3S/c31-24(29-14-16-30(17-15-29)25(32)21-6-3-12-26-21)19-8-10-20(11-9-19)28-34(33)22-7-1-4-18-5-2-13-27-23(18)22/h1-13,26,28H,14-17H2. The van der Waals surface area contributed by atoms with Crippen LogP contribution in [0.5, 0.6) is 0 Å². The number of carbonyl (C=O) groups is 2. The van der Waals surface area contributed by atoms with Crippen LogP contribution in [0.15, 0.2) is 84.0 Å². The molecule has 1 fully saturated rings. The second-order valence-electron chi connectivity index (χ2n) is 7.95. The average Bonchev–Trinajstić information content (AvgIpc) is 3.43. The van der Waals surface area contributed by atoms with Gasteiger partial charge in [-0.15, -0.1) is 0 Å². The van der Waals surface area contributed by atoms with E-state index in [-0.39, 0.29) is 11.8 Å². The highest BCUT2D eigenvalue weighted by Crippen LogP contribution is 2.23. The molecular formula is C25H23N5O3S. The number of amides is 2. The molecule has 1 saturated heterocycles. The third-order valence-electron chi connectivity index (χ3n) is 5.82. The van der Waals surface area contributed by atoms with Gasteiger partial charge in [0.05, 0.1) is 5.69 Å². The maximum absolute atomic E-state index is 12.9. The minimum atomic E-state index is -1.50. The van der Waals surface area contributed by atoms with Crippen molar-refractivity contribution < 1.29 is 14.1 Å². The first kappa shape index (κ1) is 22.0. The van der Waals surface area contributed by atoms with Crippen LogP contribution in [0.4, 0.5) is 5.69 Å². The van der Waals surface area contributed by atoms with E-state index in [1.807, 2.05) is 24.3 Å². The Bertz CT molecular complexity index is 1300. The Morgan fingerprint density at radius 1 is 0.882 bits per heavy atom. The first-order valence-corrected chi connectivity index (χ1v) is 12.1. The SMILES string of the molecule is O=C(c1ccc(N[S+]([O-])c2cccc3cccnc23)cc1)N1CCN(C(=O)c2ccc[nH]2)CC1. The van der Waals surface area contributed by atoms with Gasteiger partial charge in [0.15, 0.2) is 0 Å². The van der Waals surface area contributed by atoms with Gasteiger partial charge in [0, 0.05) is 49.5 Å². The number of piperazine rings is 1. The van der Waals surface area contributed by atoms with Crippen molar-refractivity contribution in [3.8, 4) is 0 Å². The summed E-state index contributed by atoms with van der Waals surface area (Å²) >= 11 is -1.50. The van der Waals surface area contributed by atoms with Crippen LogP contribution < -0.4 is 4.72 Å². The van der Waals surface area contributed by atoms with E-state index in [2.05, 4.69) is 14.7 Å². The number of aromatic amines is 1. The number of hydrogen-bond acceptors (Lipinski definition) is 5. The van der Waals surface area contributed by atoms with Crippen LogP contribution in [0.2, 0.25) is 0 Å². The first-order valence-electron chi connectivity index (χ1n) is 10.9. The van der Waals surface area contributed by atoms with Crippen molar-refractivity contribution in [2.45, 2.75) is 4.90 Å². The largest absolute Gasteiger partial charge is 0.588 e. The van der Waals surface area contributed by atoms with Gasteiger partial charge in [-0.05, 0) is 48.5 Å². The van der Waals surface area contributed by atoms with Gasteiger partial charge in [-0.25, -0.2) is 4.72 Å². The van der Waals surface area contributed by atoms with E-state index in [0.29, 0.717) is 53.5 Å². The van der Waals surface area contributed by atoms with E-state index < -0.39 is 11.4 Å². The first-order chi connectivity index (χ1) is 16.6. The summed E-state index contributed by atoms with van der Waals surface area (Å²) < 4.78 is 15.9. The molecule has 2 N–H and O–H groups in total. The number of nitrogens with zero attached hydrogens (tertiary/aromatic N) is 3. The van der Waals surface area contributed by atoms with Crippen LogP contribution in [-0.2, 0) is 11.4 Å². The molecule has 0 saturated carbocycles. The van der Waals surface area contributed by atoms with Gasteiger partial charge in [-0.1, -0.05) is 18.2 Å². The highest BCUT2D eigenvalue weighted by Gasteiger charge is 2.26. The number of H-pyrrole nitrogens is 1. The third-order valence-corrected chi connectivity index (χ3v) is 6.97. The quantitative estimate of drug-likeness (QED) is 0.433. The predicted molar refractivity (Wildman–Crippen MR) is 131 cm³/mol. The van der Waals surface area contributed by atoms with Crippen LogP contribution in [0.25, 0.3) is 10.9 Å². The second-order valence-corrected chi connectivity index (χ2v) is 9.13. The normalized spacial score (nSPS) is 14.7. The Hall–Kier alpha value is -3.82. The molecule has 0 aliphatic carbocycles. The smallest absolute Gasteiger partial charge is 0.270 e. The van der Waals surface area contributed by atoms with Gasteiger partial charge in [0.25, 0.3) is 11.8 Å². The van der Waals surface area contributed by atoms with E-state index in [9.17, 15) is 14.1 Å². The molecule has 5 rings (SSSR count). The van der Waals surface area contributed by atoms with Gasteiger partial charge < -0.3 is 19.3 Å². The van der Waals surface area contributed by atoms with E-state index in [1.165, 1.54) is 0 Å². The molecule has 172 valence electrons. The molecule has 1 aliphatic rings. The summed E-state index contributed by atoms with van der Waals surface area (Å²) in [6.07, 6.45) is 3.40. The van der Waals surface area contributed by atoms with E-state index in [1.54, 1.807) is 64.7 Å². The minimum absolute atomic E-state index is 0.0538. The number of para-hydroxylation sites is 1. The lowest BCUT2D eigenvalue weighted by Crippen LogP contribution is -2.50. The summed E-state index contributed by atoms with van der Waals surface area (Å²) in [5, 5.41) is 0.922. The van der Waals surface area contributed by atoms with Gasteiger partial charge in [0.2, 0.25) is 4.90 Å². The highest BCUT2D eigenvalue weighted by molar-refractivity contribution is 7.93. The Labute approximate surface area is 199 Å². The molecule has 2 amide bonds. The van der Waals surface area contributed by atoms with Crippen molar-refractivity contribution in [1.29, 1.82) is 0 Å². The Morgan fingerprint density at radius 3 is 2.29 bits per heavy atom. The predicted octanol–water partition coefficient (Wildman–Crippen LogP) is 3.30. The van der Waals surface area contributed by atoms with Crippen LogP contribution in [0, 0.1) is 0 Å². The summed E-state index contributed by atoms with van der Waals surface area (Å²) in [5.74, 6) is -0.139. The number of nitrogens with one attached hydrogen (secondary N) is 2. The molecule has 8 nitrogen and oxygen atoms in total. The third kappa shape index (κ3) is 4.48.